The zero-order chi connectivity index (χ0) is 23.5. The van der Waals surface area contributed by atoms with Crippen LogP contribution in [0.1, 0.15) is 91.9 Å². The first-order valence-corrected chi connectivity index (χ1v) is 12.8. The molecule has 0 bridgehead atoms. The van der Waals surface area contributed by atoms with Crippen LogP contribution in [0.5, 0.6) is 0 Å². The summed E-state index contributed by atoms with van der Waals surface area (Å²) in [6.45, 7) is 8.60. The summed E-state index contributed by atoms with van der Waals surface area (Å²) < 4.78 is 0. The Kier molecular flexibility index (Phi) is 8.46. The lowest BCUT2D eigenvalue weighted by Crippen LogP contribution is -2.36. The molecule has 6 atom stereocenters. The van der Waals surface area contributed by atoms with Gasteiger partial charge in [-0.05, 0) is 94.0 Å². The van der Waals surface area contributed by atoms with Crippen molar-refractivity contribution in [2.24, 2.45) is 23.2 Å². The highest BCUT2D eigenvalue weighted by molar-refractivity contribution is 5.30. The van der Waals surface area contributed by atoms with E-state index in [1.165, 1.54) is 32.1 Å². The first-order chi connectivity index (χ1) is 15.0. The van der Waals surface area contributed by atoms with Gasteiger partial charge in [0.15, 0.2) is 0 Å². The van der Waals surface area contributed by atoms with Crippen LogP contribution in [0.25, 0.3) is 0 Å². The highest BCUT2D eigenvalue weighted by Gasteiger charge is 2.50. The monoisotopic (exact) mass is 446 g/mol. The Labute approximate surface area is 195 Å². The Hall–Kier alpha value is -0.940. The summed E-state index contributed by atoms with van der Waals surface area (Å²) in [4.78, 5) is 0. The van der Waals surface area contributed by atoms with Crippen LogP contribution in [-0.2, 0) is 0 Å². The van der Waals surface area contributed by atoms with Gasteiger partial charge in [-0.25, -0.2) is 0 Å². The molecular formula is C28H46O4. The van der Waals surface area contributed by atoms with Gasteiger partial charge in [0.05, 0.1) is 24.4 Å². The summed E-state index contributed by atoms with van der Waals surface area (Å²) in [6, 6.07) is 0. The largest absolute Gasteiger partial charge is 0.392 e. The second kappa shape index (κ2) is 10.5. The fourth-order valence-electron chi connectivity index (χ4n) is 7.05. The minimum Gasteiger partial charge on any atom is -0.392 e. The van der Waals surface area contributed by atoms with E-state index in [1.807, 2.05) is 13.8 Å². The molecule has 3 rings (SSSR count). The quantitative estimate of drug-likeness (QED) is 0.412. The standard InChI is InChI=1S/C28H46O4/c1-19(7-5-14-27(2,3)32)23-11-12-24-21(8-6-15-28(23,24)4)10-9-20-17-25(30)22(13-16-29)26(31)18-20/h9-10,13,19,23-26,29-32H,5-8,11-12,14-18H2,1-4H3/b20-9?,21-10-,22-13?/t19-,23-,24+,25-,26-,28-/m1/s1. The molecule has 0 spiro atoms. The third-order valence-corrected chi connectivity index (χ3v) is 8.71. The SMILES string of the molecule is C[C@H](CCCC(C)(C)O)[C@H]1CC[C@H]2/C(=C\C=C3C[C@@H](O)C(=CCO)[C@H](O)C3)CCC[C@]12C. The Morgan fingerprint density at radius 3 is 2.44 bits per heavy atom. The third-order valence-electron chi connectivity index (χ3n) is 8.71. The summed E-state index contributed by atoms with van der Waals surface area (Å²) in [5.74, 6) is 2.07. The molecule has 0 unspecified atom stereocenters. The number of allylic oxidation sites excluding steroid dienone is 3. The molecular weight excluding hydrogens is 400 g/mol. The number of aliphatic hydroxyl groups is 4. The minimum absolute atomic E-state index is 0.149. The normalized spacial score (nSPS) is 35.7. The van der Waals surface area contributed by atoms with Crippen LogP contribution >= 0.6 is 0 Å². The average molecular weight is 447 g/mol. The number of rotatable bonds is 7. The number of aliphatic hydroxyl groups excluding tert-OH is 3. The van der Waals surface area contributed by atoms with Crippen molar-refractivity contribution >= 4 is 0 Å². The lowest BCUT2D eigenvalue weighted by atomic mass is 9.60. The molecule has 0 aromatic heterocycles. The smallest absolute Gasteiger partial charge is 0.0813 e. The van der Waals surface area contributed by atoms with Crippen LogP contribution in [-0.4, -0.2) is 44.8 Å². The Balaban J connectivity index is 1.67. The van der Waals surface area contributed by atoms with Gasteiger partial charge in [0, 0.05) is 0 Å². The maximum atomic E-state index is 10.4. The summed E-state index contributed by atoms with van der Waals surface area (Å²) in [7, 11) is 0. The molecule has 32 heavy (non-hydrogen) atoms. The molecule has 4 heteroatoms. The zero-order valence-corrected chi connectivity index (χ0v) is 20.7. The van der Waals surface area contributed by atoms with E-state index in [0.29, 0.717) is 35.7 Å². The van der Waals surface area contributed by atoms with Crippen molar-refractivity contribution in [1.82, 2.24) is 0 Å². The van der Waals surface area contributed by atoms with Crippen molar-refractivity contribution in [1.29, 1.82) is 0 Å². The van der Waals surface area contributed by atoms with Crippen molar-refractivity contribution in [2.75, 3.05) is 6.61 Å². The molecule has 3 aliphatic carbocycles. The van der Waals surface area contributed by atoms with Gasteiger partial charge >= 0.3 is 0 Å². The van der Waals surface area contributed by atoms with Crippen molar-refractivity contribution in [2.45, 2.75) is 110 Å². The lowest BCUT2D eigenvalue weighted by Gasteiger charge is -2.44. The summed E-state index contributed by atoms with van der Waals surface area (Å²) >= 11 is 0. The number of fused-ring (bicyclic) bond motifs is 1. The Morgan fingerprint density at radius 1 is 1.12 bits per heavy atom. The van der Waals surface area contributed by atoms with Gasteiger partial charge in [-0.2, -0.15) is 0 Å². The molecule has 0 saturated heterocycles. The van der Waals surface area contributed by atoms with E-state index in [9.17, 15) is 15.3 Å². The number of hydrogen-bond donors (Lipinski definition) is 4. The molecule has 0 aliphatic heterocycles. The second-order valence-corrected chi connectivity index (χ2v) is 11.7. The Bertz CT molecular complexity index is 712. The van der Waals surface area contributed by atoms with E-state index in [-0.39, 0.29) is 6.61 Å². The van der Waals surface area contributed by atoms with Crippen LogP contribution in [0.3, 0.4) is 0 Å². The molecule has 0 aromatic carbocycles. The fourth-order valence-corrected chi connectivity index (χ4v) is 7.05. The summed E-state index contributed by atoms with van der Waals surface area (Å²) in [5, 5.41) is 39.9. The predicted octanol–water partition coefficient (Wildman–Crippen LogP) is 5.07. The lowest BCUT2D eigenvalue weighted by molar-refractivity contribution is 0.0596. The van der Waals surface area contributed by atoms with Gasteiger partial charge in [-0.1, -0.05) is 56.1 Å². The van der Waals surface area contributed by atoms with Crippen LogP contribution < -0.4 is 0 Å². The molecule has 3 saturated carbocycles. The second-order valence-electron chi connectivity index (χ2n) is 11.7. The maximum absolute atomic E-state index is 10.4. The summed E-state index contributed by atoms with van der Waals surface area (Å²) in [6.07, 6.45) is 15.1. The summed E-state index contributed by atoms with van der Waals surface area (Å²) in [5.41, 5.74) is 3.00. The highest BCUT2D eigenvalue weighted by atomic mass is 16.3. The Morgan fingerprint density at radius 2 is 1.81 bits per heavy atom. The van der Waals surface area contributed by atoms with Crippen LogP contribution in [0.4, 0.5) is 0 Å². The molecule has 0 heterocycles. The molecule has 3 fully saturated rings. The van der Waals surface area contributed by atoms with E-state index in [1.54, 1.807) is 11.6 Å². The molecule has 0 aromatic rings. The van der Waals surface area contributed by atoms with Gasteiger partial charge in [0.25, 0.3) is 0 Å². The molecule has 4 nitrogen and oxygen atoms in total. The predicted molar refractivity (Wildman–Crippen MR) is 130 cm³/mol. The fraction of sp³-hybridized carbons (Fsp3) is 0.786. The minimum atomic E-state index is -0.701. The van der Waals surface area contributed by atoms with Gasteiger partial charge in [-0.15, -0.1) is 0 Å². The van der Waals surface area contributed by atoms with Crippen LogP contribution in [0.2, 0.25) is 0 Å². The van der Waals surface area contributed by atoms with Crippen molar-refractivity contribution in [3.8, 4) is 0 Å². The van der Waals surface area contributed by atoms with Gasteiger partial charge in [0.1, 0.15) is 0 Å². The average Bonchev–Trinajstić information content (AvgIpc) is 3.05. The van der Waals surface area contributed by atoms with E-state index >= 15 is 0 Å². The molecule has 0 amide bonds. The van der Waals surface area contributed by atoms with Crippen LogP contribution in [0, 0.1) is 23.2 Å². The van der Waals surface area contributed by atoms with E-state index in [4.69, 9.17) is 5.11 Å². The zero-order valence-electron chi connectivity index (χ0n) is 20.7. The van der Waals surface area contributed by atoms with Gasteiger partial charge in [-0.3, -0.25) is 0 Å². The van der Waals surface area contributed by atoms with Crippen molar-refractivity contribution in [3.63, 3.8) is 0 Å². The molecule has 182 valence electrons. The van der Waals surface area contributed by atoms with E-state index in [2.05, 4.69) is 26.0 Å². The highest BCUT2D eigenvalue weighted by Crippen LogP contribution is 2.60. The maximum Gasteiger partial charge on any atom is 0.0813 e. The first kappa shape index (κ1) is 25.7. The van der Waals surface area contributed by atoms with E-state index in [0.717, 1.165) is 30.8 Å². The van der Waals surface area contributed by atoms with Crippen molar-refractivity contribution < 1.29 is 20.4 Å². The van der Waals surface area contributed by atoms with E-state index < -0.39 is 17.8 Å². The molecule has 3 aliphatic rings. The number of hydrogen-bond acceptors (Lipinski definition) is 4. The van der Waals surface area contributed by atoms with Crippen molar-refractivity contribution in [3.05, 3.63) is 34.9 Å². The van der Waals surface area contributed by atoms with Gasteiger partial charge in [0.2, 0.25) is 0 Å². The third kappa shape index (κ3) is 5.94. The van der Waals surface area contributed by atoms with Crippen LogP contribution in [0.15, 0.2) is 34.9 Å². The molecule has 0 radical (unpaired) electrons. The first-order valence-electron chi connectivity index (χ1n) is 12.8. The topological polar surface area (TPSA) is 80.9 Å². The molecule has 4 N–H and O–H groups in total. The van der Waals surface area contributed by atoms with Gasteiger partial charge < -0.3 is 20.4 Å².